The van der Waals surface area contributed by atoms with Crippen LogP contribution in [0.1, 0.15) is 6.92 Å². The average molecular weight is 318 g/mol. The first-order valence-electron chi connectivity index (χ1n) is 6.28. The number of hydrogen-bond donors (Lipinski definition) is 2. The summed E-state index contributed by atoms with van der Waals surface area (Å²) in [6.07, 6.45) is 0. The van der Waals surface area contributed by atoms with E-state index in [1.165, 1.54) is 0 Å². The van der Waals surface area contributed by atoms with E-state index in [1.54, 1.807) is 7.11 Å². The van der Waals surface area contributed by atoms with Crippen molar-refractivity contribution in [3.8, 4) is 0 Å². The second-order valence-electron chi connectivity index (χ2n) is 3.26. The van der Waals surface area contributed by atoms with Crippen LogP contribution in [-0.4, -0.2) is 79.5 Å². The summed E-state index contributed by atoms with van der Waals surface area (Å²) in [7, 11) is -1.47. The van der Waals surface area contributed by atoms with Crippen LogP contribution in [-0.2, 0) is 34.7 Å². The Hall–Kier alpha value is -0.290. The maximum atomic E-state index is 8.59. The molecule has 0 heterocycles. The van der Waals surface area contributed by atoms with Gasteiger partial charge in [0, 0.05) is 13.7 Å². The molecule has 1 N–H and O–H groups in total. The Kier molecular flexibility index (Phi) is 23.1. The van der Waals surface area contributed by atoms with Gasteiger partial charge in [0.2, 0.25) is 0 Å². The van der Waals surface area contributed by atoms with E-state index in [4.69, 9.17) is 36.7 Å². The predicted octanol–water partition coefficient (Wildman–Crippen LogP) is -0.210. The maximum absolute atomic E-state index is 8.59. The summed E-state index contributed by atoms with van der Waals surface area (Å²) in [5.74, 6) is 0. The zero-order chi connectivity index (χ0) is 15.5. The molecule has 9 heteroatoms. The molecule has 0 fully saturated rings. The lowest BCUT2D eigenvalue weighted by atomic mass is 10.7. The lowest BCUT2D eigenvalue weighted by Gasteiger charge is -2.06. The monoisotopic (exact) mass is 318 g/mol. The molecular weight excluding hydrogens is 292 g/mol. The molecule has 0 aromatic carbocycles. The molecule has 0 aromatic rings. The minimum atomic E-state index is -3.12. The highest BCUT2D eigenvalue weighted by Crippen LogP contribution is 1.82. The van der Waals surface area contributed by atoms with Gasteiger partial charge in [0.05, 0.1) is 52.9 Å². The SMILES string of the molecule is CCOCCOCCOCCOCCOC.O=[SH](=O)O. The first-order valence-corrected chi connectivity index (χ1v) is 7.41. The lowest BCUT2D eigenvalue weighted by Crippen LogP contribution is -2.12. The first-order chi connectivity index (χ1) is 9.65. The minimum absolute atomic E-state index is 0.596. The molecule has 0 aliphatic rings. The molecule has 8 nitrogen and oxygen atoms in total. The van der Waals surface area contributed by atoms with E-state index >= 15 is 0 Å². The number of methoxy groups -OCH3 is 1. The van der Waals surface area contributed by atoms with Crippen LogP contribution in [0.3, 0.4) is 0 Å². The van der Waals surface area contributed by atoms with Gasteiger partial charge in [-0.05, 0) is 6.92 Å². The van der Waals surface area contributed by atoms with E-state index in [-0.39, 0.29) is 0 Å². The van der Waals surface area contributed by atoms with E-state index in [2.05, 4.69) is 0 Å². The molecule has 0 amide bonds. The van der Waals surface area contributed by atoms with Crippen molar-refractivity contribution < 1.29 is 36.7 Å². The smallest absolute Gasteiger partial charge is 0.254 e. The summed E-state index contributed by atoms with van der Waals surface area (Å²) >= 11 is 0. The third-order valence-electron chi connectivity index (χ3n) is 1.75. The largest absolute Gasteiger partial charge is 0.382 e. The molecule has 0 aromatic heterocycles. The summed E-state index contributed by atoms with van der Waals surface area (Å²) < 4.78 is 49.9. The third kappa shape index (κ3) is 30.6. The number of hydrogen-bond acceptors (Lipinski definition) is 7. The van der Waals surface area contributed by atoms with Crippen molar-refractivity contribution in [3.63, 3.8) is 0 Å². The zero-order valence-electron chi connectivity index (χ0n) is 12.1. The second kappa shape index (κ2) is 21.0. The summed E-state index contributed by atoms with van der Waals surface area (Å²) in [6, 6.07) is 0. The third-order valence-corrected chi connectivity index (χ3v) is 1.75. The highest BCUT2D eigenvalue weighted by atomic mass is 32.2. The molecule has 124 valence electrons. The lowest BCUT2D eigenvalue weighted by molar-refractivity contribution is -0.00678. The van der Waals surface area contributed by atoms with Crippen LogP contribution in [0.15, 0.2) is 0 Å². The van der Waals surface area contributed by atoms with E-state index < -0.39 is 11.0 Å². The molecule has 0 aliphatic heterocycles. The maximum Gasteiger partial charge on any atom is 0.254 e. The van der Waals surface area contributed by atoms with Crippen LogP contribution in [0.2, 0.25) is 0 Å². The zero-order valence-corrected chi connectivity index (χ0v) is 13.0. The van der Waals surface area contributed by atoms with Crippen molar-refractivity contribution in [1.82, 2.24) is 0 Å². The van der Waals surface area contributed by atoms with Crippen LogP contribution in [0.5, 0.6) is 0 Å². The molecule has 0 bridgehead atoms. The van der Waals surface area contributed by atoms with Crippen LogP contribution in [0.25, 0.3) is 0 Å². The molecule has 0 atom stereocenters. The fraction of sp³-hybridized carbons (Fsp3) is 1.00. The van der Waals surface area contributed by atoms with Gasteiger partial charge in [0.25, 0.3) is 11.0 Å². The van der Waals surface area contributed by atoms with E-state index in [0.717, 1.165) is 6.61 Å². The van der Waals surface area contributed by atoms with Gasteiger partial charge in [-0.15, -0.1) is 0 Å². The van der Waals surface area contributed by atoms with Crippen molar-refractivity contribution in [3.05, 3.63) is 0 Å². The van der Waals surface area contributed by atoms with Gasteiger partial charge in [-0.25, -0.2) is 8.42 Å². The number of ether oxygens (including phenoxy) is 5. The van der Waals surface area contributed by atoms with Crippen LogP contribution < -0.4 is 0 Å². The Balaban J connectivity index is 0. The predicted molar refractivity (Wildman–Crippen MR) is 73.8 cm³/mol. The summed E-state index contributed by atoms with van der Waals surface area (Å²) in [5.41, 5.74) is 0. The number of thiol groups is 1. The summed E-state index contributed by atoms with van der Waals surface area (Å²) in [4.78, 5) is 0. The molecular formula is C11H26O8S. The van der Waals surface area contributed by atoms with Crippen molar-refractivity contribution in [2.24, 2.45) is 0 Å². The van der Waals surface area contributed by atoms with Gasteiger partial charge in [0.15, 0.2) is 0 Å². The Labute approximate surface area is 122 Å². The van der Waals surface area contributed by atoms with Crippen molar-refractivity contribution in [2.45, 2.75) is 6.92 Å². The normalized spacial score (nSPS) is 10.4. The molecule has 0 spiro atoms. The van der Waals surface area contributed by atoms with Crippen LogP contribution in [0.4, 0.5) is 0 Å². The molecule has 0 rings (SSSR count). The molecule has 0 saturated carbocycles. The molecule has 0 unspecified atom stereocenters. The molecule has 0 aliphatic carbocycles. The topological polar surface area (TPSA) is 101 Å². The van der Waals surface area contributed by atoms with Gasteiger partial charge >= 0.3 is 0 Å². The Morgan fingerprint density at radius 2 is 1.05 bits per heavy atom. The van der Waals surface area contributed by atoms with Gasteiger partial charge < -0.3 is 23.7 Å². The van der Waals surface area contributed by atoms with Crippen molar-refractivity contribution in [1.29, 1.82) is 0 Å². The Morgan fingerprint density at radius 1 is 0.750 bits per heavy atom. The van der Waals surface area contributed by atoms with E-state index in [0.29, 0.717) is 52.9 Å². The van der Waals surface area contributed by atoms with Crippen molar-refractivity contribution in [2.75, 3.05) is 66.6 Å². The second-order valence-corrected chi connectivity index (χ2v) is 3.74. The minimum Gasteiger partial charge on any atom is -0.382 e. The van der Waals surface area contributed by atoms with Gasteiger partial charge in [-0.2, -0.15) is 0 Å². The summed E-state index contributed by atoms with van der Waals surface area (Å²) in [6.45, 7) is 7.61. The molecule has 20 heavy (non-hydrogen) atoms. The fourth-order valence-electron chi connectivity index (χ4n) is 0.946. The summed E-state index contributed by atoms with van der Waals surface area (Å²) in [5, 5.41) is 0. The van der Waals surface area contributed by atoms with Gasteiger partial charge in [0.1, 0.15) is 0 Å². The van der Waals surface area contributed by atoms with Gasteiger partial charge in [-0.1, -0.05) is 0 Å². The van der Waals surface area contributed by atoms with E-state index in [9.17, 15) is 0 Å². The first kappa shape index (κ1) is 22.0. The Morgan fingerprint density at radius 3 is 1.35 bits per heavy atom. The Bertz CT molecular complexity index is 212. The molecule has 0 radical (unpaired) electrons. The van der Waals surface area contributed by atoms with Gasteiger partial charge in [-0.3, -0.25) is 4.55 Å². The van der Waals surface area contributed by atoms with Crippen LogP contribution in [0, 0.1) is 0 Å². The fourth-order valence-corrected chi connectivity index (χ4v) is 0.946. The highest BCUT2D eigenvalue weighted by Gasteiger charge is 1.91. The van der Waals surface area contributed by atoms with Crippen molar-refractivity contribution >= 4 is 11.0 Å². The highest BCUT2D eigenvalue weighted by molar-refractivity contribution is 7.66. The van der Waals surface area contributed by atoms with E-state index in [1.807, 2.05) is 6.92 Å². The van der Waals surface area contributed by atoms with Crippen LogP contribution >= 0.6 is 0 Å². The standard InChI is InChI=1S/C11H24O5.H2O3S/c1-3-13-6-7-15-10-11-16-9-8-14-5-4-12-2;1-4(2)3/h3-11H2,1-2H3;4H,(H,1,2,3). The number of rotatable bonds is 13. The average Bonchev–Trinajstić information content (AvgIpc) is 2.39. The molecule has 0 saturated heterocycles. The quantitative estimate of drug-likeness (QED) is 0.273.